The highest BCUT2D eigenvalue weighted by Crippen LogP contribution is 2.19. The van der Waals surface area contributed by atoms with Crippen LogP contribution in [0.4, 0.5) is 5.13 Å². The van der Waals surface area contributed by atoms with Crippen molar-refractivity contribution >= 4 is 28.9 Å². The number of rotatable bonds is 8. The Labute approximate surface area is 154 Å². The quantitative estimate of drug-likeness (QED) is 0.661. The molecule has 24 heavy (non-hydrogen) atoms. The second-order valence-corrected chi connectivity index (χ2v) is 6.74. The molecule has 1 aromatic heterocycles. The van der Waals surface area contributed by atoms with E-state index < -0.39 is 0 Å². The van der Waals surface area contributed by atoms with Crippen molar-refractivity contribution in [3.63, 3.8) is 0 Å². The SMILES string of the molecule is Cl.c1ccc(OCCCCCN2CCN(c3nccs3)CC2)cc1. The molecule has 1 fully saturated rings. The van der Waals surface area contributed by atoms with Gasteiger partial charge in [0, 0.05) is 37.8 Å². The topological polar surface area (TPSA) is 28.6 Å². The van der Waals surface area contributed by atoms with E-state index in [1.54, 1.807) is 11.3 Å². The van der Waals surface area contributed by atoms with Crippen LogP contribution in [0.15, 0.2) is 41.9 Å². The summed E-state index contributed by atoms with van der Waals surface area (Å²) in [7, 11) is 0. The number of ether oxygens (including phenoxy) is 1. The summed E-state index contributed by atoms with van der Waals surface area (Å²) in [5.41, 5.74) is 0. The van der Waals surface area contributed by atoms with Crippen molar-refractivity contribution in [1.82, 2.24) is 9.88 Å². The molecule has 2 heterocycles. The van der Waals surface area contributed by atoms with E-state index in [1.165, 1.54) is 24.5 Å². The molecule has 0 amide bonds. The van der Waals surface area contributed by atoms with Gasteiger partial charge in [0.15, 0.2) is 5.13 Å². The van der Waals surface area contributed by atoms with Gasteiger partial charge in [-0.2, -0.15) is 0 Å². The molecule has 1 aliphatic rings. The van der Waals surface area contributed by atoms with Crippen molar-refractivity contribution in [1.29, 1.82) is 0 Å². The molecule has 4 nitrogen and oxygen atoms in total. The smallest absolute Gasteiger partial charge is 0.185 e. The van der Waals surface area contributed by atoms with Gasteiger partial charge in [-0.25, -0.2) is 4.98 Å². The van der Waals surface area contributed by atoms with Crippen LogP contribution < -0.4 is 9.64 Å². The number of hydrogen-bond donors (Lipinski definition) is 0. The van der Waals surface area contributed by atoms with Gasteiger partial charge in [0.25, 0.3) is 0 Å². The Morgan fingerprint density at radius 2 is 1.79 bits per heavy atom. The fourth-order valence-electron chi connectivity index (χ4n) is 2.86. The second kappa shape index (κ2) is 10.5. The van der Waals surface area contributed by atoms with Gasteiger partial charge in [-0.05, 0) is 37.9 Å². The summed E-state index contributed by atoms with van der Waals surface area (Å²) in [4.78, 5) is 9.37. The summed E-state index contributed by atoms with van der Waals surface area (Å²) < 4.78 is 5.73. The van der Waals surface area contributed by atoms with Crippen molar-refractivity contribution in [2.75, 3.05) is 44.2 Å². The average molecular weight is 368 g/mol. The van der Waals surface area contributed by atoms with Crippen molar-refractivity contribution < 1.29 is 4.74 Å². The molecule has 0 saturated carbocycles. The van der Waals surface area contributed by atoms with Crippen LogP contribution in [-0.4, -0.2) is 49.2 Å². The maximum atomic E-state index is 5.73. The lowest BCUT2D eigenvalue weighted by molar-refractivity contribution is 0.246. The maximum Gasteiger partial charge on any atom is 0.185 e. The molecule has 0 radical (unpaired) electrons. The normalized spacial score (nSPS) is 15.1. The molecular formula is C18H26ClN3OS. The second-order valence-electron chi connectivity index (χ2n) is 5.87. The predicted octanol–water partition coefficient (Wildman–Crippen LogP) is 3.94. The minimum absolute atomic E-state index is 0. The first-order chi connectivity index (χ1) is 11.4. The number of nitrogens with zero attached hydrogens (tertiary/aromatic N) is 3. The first-order valence-corrected chi connectivity index (χ1v) is 9.34. The molecule has 0 unspecified atom stereocenters. The molecule has 0 bridgehead atoms. The third-order valence-electron chi connectivity index (χ3n) is 4.19. The van der Waals surface area contributed by atoms with Gasteiger partial charge in [-0.1, -0.05) is 18.2 Å². The van der Waals surface area contributed by atoms with Gasteiger partial charge in [-0.15, -0.1) is 23.7 Å². The van der Waals surface area contributed by atoms with Crippen LogP contribution in [0.1, 0.15) is 19.3 Å². The zero-order valence-electron chi connectivity index (χ0n) is 14.0. The average Bonchev–Trinajstić information content (AvgIpc) is 3.14. The molecule has 0 atom stereocenters. The number of unbranched alkanes of at least 4 members (excludes halogenated alkanes) is 2. The van der Waals surface area contributed by atoms with Crippen LogP contribution in [-0.2, 0) is 0 Å². The fraction of sp³-hybridized carbons (Fsp3) is 0.500. The largest absolute Gasteiger partial charge is 0.494 e. The Bertz CT molecular complexity index is 545. The summed E-state index contributed by atoms with van der Waals surface area (Å²) in [6.07, 6.45) is 5.52. The number of benzene rings is 1. The summed E-state index contributed by atoms with van der Waals surface area (Å²) in [6, 6.07) is 10.1. The predicted molar refractivity (Wildman–Crippen MR) is 104 cm³/mol. The van der Waals surface area contributed by atoms with Crippen LogP contribution in [0.5, 0.6) is 5.75 Å². The number of para-hydroxylation sites is 1. The van der Waals surface area contributed by atoms with Gasteiger partial charge in [0.2, 0.25) is 0 Å². The van der Waals surface area contributed by atoms with E-state index in [-0.39, 0.29) is 12.4 Å². The third kappa shape index (κ3) is 5.96. The molecule has 3 rings (SSSR count). The van der Waals surface area contributed by atoms with Crippen LogP contribution in [0, 0.1) is 0 Å². The minimum atomic E-state index is 0. The Morgan fingerprint density at radius 1 is 1.00 bits per heavy atom. The molecule has 1 saturated heterocycles. The lowest BCUT2D eigenvalue weighted by Crippen LogP contribution is -2.46. The first-order valence-electron chi connectivity index (χ1n) is 8.46. The van der Waals surface area contributed by atoms with Gasteiger partial charge >= 0.3 is 0 Å². The van der Waals surface area contributed by atoms with Crippen LogP contribution in [0.25, 0.3) is 0 Å². The Hall–Kier alpha value is -1.30. The van der Waals surface area contributed by atoms with Crippen LogP contribution in [0.3, 0.4) is 0 Å². The summed E-state index contributed by atoms with van der Waals surface area (Å²) in [6.45, 7) is 6.54. The van der Waals surface area contributed by atoms with E-state index in [9.17, 15) is 0 Å². The van der Waals surface area contributed by atoms with E-state index in [4.69, 9.17) is 4.74 Å². The highest BCUT2D eigenvalue weighted by Gasteiger charge is 2.17. The van der Waals surface area contributed by atoms with Crippen molar-refractivity contribution in [2.45, 2.75) is 19.3 Å². The maximum absolute atomic E-state index is 5.73. The van der Waals surface area contributed by atoms with Crippen LogP contribution >= 0.6 is 23.7 Å². The summed E-state index contributed by atoms with van der Waals surface area (Å²) in [5.74, 6) is 0.978. The van der Waals surface area contributed by atoms with E-state index >= 15 is 0 Å². The highest BCUT2D eigenvalue weighted by atomic mass is 35.5. The molecule has 6 heteroatoms. The molecule has 0 spiro atoms. The van der Waals surface area contributed by atoms with Gasteiger partial charge in [-0.3, -0.25) is 4.90 Å². The lowest BCUT2D eigenvalue weighted by Gasteiger charge is -2.34. The number of hydrogen-bond acceptors (Lipinski definition) is 5. The molecular weight excluding hydrogens is 342 g/mol. The Balaban J connectivity index is 0.00000208. The molecule has 0 N–H and O–H groups in total. The molecule has 1 aliphatic heterocycles. The van der Waals surface area contributed by atoms with E-state index in [2.05, 4.69) is 20.2 Å². The summed E-state index contributed by atoms with van der Waals surface area (Å²) in [5, 5.41) is 3.22. The molecule has 2 aromatic rings. The van der Waals surface area contributed by atoms with Crippen LogP contribution in [0.2, 0.25) is 0 Å². The molecule has 0 aliphatic carbocycles. The Morgan fingerprint density at radius 3 is 2.50 bits per heavy atom. The number of thiazole rings is 1. The van der Waals surface area contributed by atoms with E-state index in [1.807, 2.05) is 36.5 Å². The Kier molecular flexibility index (Phi) is 8.36. The van der Waals surface area contributed by atoms with Crippen molar-refractivity contribution in [3.05, 3.63) is 41.9 Å². The van der Waals surface area contributed by atoms with E-state index in [0.717, 1.165) is 45.0 Å². The van der Waals surface area contributed by atoms with Gasteiger partial charge < -0.3 is 9.64 Å². The van der Waals surface area contributed by atoms with Gasteiger partial charge in [0.1, 0.15) is 5.75 Å². The number of halogens is 1. The number of piperazine rings is 1. The van der Waals surface area contributed by atoms with E-state index in [0.29, 0.717) is 0 Å². The first kappa shape index (κ1) is 19.0. The number of aromatic nitrogens is 1. The lowest BCUT2D eigenvalue weighted by atomic mass is 10.2. The molecule has 132 valence electrons. The summed E-state index contributed by atoms with van der Waals surface area (Å²) >= 11 is 1.74. The standard InChI is InChI=1S/C18H25N3OS.ClH/c1-3-7-17(8-4-1)22-15-6-2-5-10-20-11-13-21(14-12-20)18-19-9-16-23-18;/h1,3-4,7-9,16H,2,5-6,10-15H2;1H. The third-order valence-corrected chi connectivity index (χ3v) is 5.02. The van der Waals surface area contributed by atoms with Crippen molar-refractivity contribution in [3.8, 4) is 5.75 Å². The highest BCUT2D eigenvalue weighted by molar-refractivity contribution is 7.13. The monoisotopic (exact) mass is 367 g/mol. The zero-order chi connectivity index (χ0) is 15.7. The number of anilines is 1. The fourth-order valence-corrected chi connectivity index (χ4v) is 3.55. The van der Waals surface area contributed by atoms with Gasteiger partial charge in [0.05, 0.1) is 6.61 Å². The minimum Gasteiger partial charge on any atom is -0.494 e. The zero-order valence-corrected chi connectivity index (χ0v) is 15.6. The van der Waals surface area contributed by atoms with Crippen molar-refractivity contribution in [2.24, 2.45) is 0 Å². The molecule has 1 aromatic carbocycles.